The van der Waals surface area contributed by atoms with Crippen molar-refractivity contribution < 1.29 is 23.4 Å². The molecule has 1 aromatic carbocycles. The Morgan fingerprint density at radius 1 is 1.18 bits per heavy atom. The van der Waals surface area contributed by atoms with Gasteiger partial charge in [0.1, 0.15) is 17.6 Å². The maximum absolute atomic E-state index is 11.4. The van der Waals surface area contributed by atoms with E-state index in [0.717, 1.165) is 5.56 Å². The molecule has 2 rings (SSSR count). The van der Waals surface area contributed by atoms with Crippen LogP contribution in [0.4, 0.5) is 0 Å². The number of carbonyl (C=O) groups excluding carboxylic acids is 1. The van der Waals surface area contributed by atoms with Crippen molar-refractivity contribution >= 4 is 14.3 Å². The summed E-state index contributed by atoms with van der Waals surface area (Å²) >= 11 is 0. The lowest BCUT2D eigenvalue weighted by Crippen LogP contribution is -2.33. The number of benzene rings is 1. The Bertz CT molecular complexity index is 576. The van der Waals surface area contributed by atoms with E-state index in [4.69, 9.17) is 18.6 Å². The van der Waals surface area contributed by atoms with Gasteiger partial charge < -0.3 is 18.6 Å². The minimum absolute atomic E-state index is 0.351. The molecule has 120 valence electrons. The second kappa shape index (κ2) is 6.54. The van der Waals surface area contributed by atoms with Gasteiger partial charge in [-0.2, -0.15) is 0 Å². The quantitative estimate of drug-likeness (QED) is 0.595. The third-order valence-corrected chi connectivity index (χ3v) is 4.16. The zero-order chi connectivity index (χ0) is 16.3. The Balaban J connectivity index is 2.43. The number of rotatable bonds is 6. The van der Waals surface area contributed by atoms with E-state index in [1.807, 2.05) is 18.2 Å². The Morgan fingerprint density at radius 2 is 1.91 bits per heavy atom. The highest BCUT2D eigenvalue weighted by atomic mass is 28.4. The van der Waals surface area contributed by atoms with Crippen LogP contribution in [-0.2, 0) is 14.0 Å². The summed E-state index contributed by atoms with van der Waals surface area (Å²) in [7, 11) is 1.33. The van der Waals surface area contributed by atoms with Crippen LogP contribution in [0.1, 0.15) is 11.7 Å². The molecule has 0 aliphatic carbocycles. The summed E-state index contributed by atoms with van der Waals surface area (Å²) in [6.45, 7) is 6.27. The average molecular weight is 322 g/mol. The summed E-state index contributed by atoms with van der Waals surface area (Å²) in [4.78, 5) is 11.4. The SMILES string of the molecule is COc1ccc(OC)c([C@@H](O[Si](C)(C)C)[C@@H]2C=CC(=O)O2)c1. The number of hydrogen-bond acceptors (Lipinski definition) is 5. The van der Waals surface area contributed by atoms with Crippen molar-refractivity contribution in [3.05, 3.63) is 35.9 Å². The number of esters is 1. The van der Waals surface area contributed by atoms with Crippen molar-refractivity contribution in [2.75, 3.05) is 14.2 Å². The second-order valence-electron chi connectivity index (χ2n) is 6.02. The monoisotopic (exact) mass is 322 g/mol. The van der Waals surface area contributed by atoms with E-state index < -0.39 is 20.5 Å². The van der Waals surface area contributed by atoms with Crippen LogP contribution >= 0.6 is 0 Å². The van der Waals surface area contributed by atoms with Crippen LogP contribution in [0.3, 0.4) is 0 Å². The Kier molecular flexibility index (Phi) is 4.93. The number of methoxy groups -OCH3 is 2. The molecule has 5 nitrogen and oxygen atoms in total. The fraction of sp³-hybridized carbons (Fsp3) is 0.438. The minimum atomic E-state index is -1.88. The minimum Gasteiger partial charge on any atom is -0.497 e. The first kappa shape index (κ1) is 16.6. The van der Waals surface area contributed by atoms with Gasteiger partial charge in [0.2, 0.25) is 0 Å². The average Bonchev–Trinajstić information content (AvgIpc) is 2.89. The molecule has 6 heteroatoms. The van der Waals surface area contributed by atoms with E-state index in [0.29, 0.717) is 11.5 Å². The zero-order valence-electron chi connectivity index (χ0n) is 13.6. The molecule has 1 aromatic rings. The van der Waals surface area contributed by atoms with Crippen molar-refractivity contribution in [3.8, 4) is 11.5 Å². The normalized spacial score (nSPS) is 19.0. The molecule has 0 unspecified atom stereocenters. The first-order chi connectivity index (χ1) is 10.3. The molecule has 0 saturated heterocycles. The molecule has 0 radical (unpaired) electrons. The molecule has 2 atom stereocenters. The smallest absolute Gasteiger partial charge is 0.331 e. The molecular formula is C16H22O5Si. The number of ether oxygens (including phenoxy) is 3. The summed E-state index contributed by atoms with van der Waals surface area (Å²) in [5.41, 5.74) is 0.814. The van der Waals surface area contributed by atoms with Gasteiger partial charge >= 0.3 is 5.97 Å². The molecule has 22 heavy (non-hydrogen) atoms. The van der Waals surface area contributed by atoms with Gasteiger partial charge in [0.25, 0.3) is 0 Å². The van der Waals surface area contributed by atoms with Crippen LogP contribution in [0.15, 0.2) is 30.4 Å². The van der Waals surface area contributed by atoms with Crippen molar-refractivity contribution in [3.63, 3.8) is 0 Å². The highest BCUT2D eigenvalue weighted by molar-refractivity contribution is 6.69. The summed E-state index contributed by atoms with van der Waals surface area (Å²) < 4.78 is 22.4. The molecule has 0 spiro atoms. The van der Waals surface area contributed by atoms with Gasteiger partial charge in [-0.1, -0.05) is 0 Å². The topological polar surface area (TPSA) is 54.0 Å². The lowest BCUT2D eigenvalue weighted by Gasteiger charge is -2.30. The predicted octanol–water partition coefficient (Wildman–Crippen LogP) is 3.08. The van der Waals surface area contributed by atoms with Crippen LogP contribution in [0.25, 0.3) is 0 Å². The largest absolute Gasteiger partial charge is 0.497 e. The van der Waals surface area contributed by atoms with E-state index in [1.54, 1.807) is 20.3 Å². The fourth-order valence-electron chi connectivity index (χ4n) is 2.30. The maximum Gasteiger partial charge on any atom is 0.331 e. The summed E-state index contributed by atoms with van der Waals surface area (Å²) in [6.07, 6.45) is 2.28. The zero-order valence-corrected chi connectivity index (χ0v) is 14.6. The van der Waals surface area contributed by atoms with Gasteiger partial charge in [0.05, 0.1) is 14.2 Å². The van der Waals surface area contributed by atoms with Gasteiger partial charge in [-0.25, -0.2) is 4.79 Å². The molecule has 0 bridgehead atoms. The molecule has 0 N–H and O–H groups in total. The first-order valence-electron chi connectivity index (χ1n) is 7.12. The first-order valence-corrected chi connectivity index (χ1v) is 10.5. The Morgan fingerprint density at radius 3 is 2.41 bits per heavy atom. The van der Waals surface area contributed by atoms with Crippen molar-refractivity contribution in [1.82, 2.24) is 0 Å². The summed E-state index contributed by atoms with van der Waals surface area (Å²) in [6, 6.07) is 5.52. The van der Waals surface area contributed by atoms with Gasteiger partial charge in [-0.3, -0.25) is 0 Å². The van der Waals surface area contributed by atoms with Crippen LogP contribution < -0.4 is 9.47 Å². The van der Waals surface area contributed by atoms with E-state index in [1.165, 1.54) is 6.08 Å². The number of cyclic esters (lactones) is 1. The highest BCUT2D eigenvalue weighted by Gasteiger charge is 2.34. The maximum atomic E-state index is 11.4. The van der Waals surface area contributed by atoms with Crippen molar-refractivity contribution in [2.45, 2.75) is 31.8 Å². The van der Waals surface area contributed by atoms with E-state index in [2.05, 4.69) is 19.6 Å². The molecule has 0 fully saturated rings. The molecule has 1 aliphatic rings. The van der Waals surface area contributed by atoms with Gasteiger partial charge in [-0.05, 0) is 43.9 Å². The van der Waals surface area contributed by atoms with Gasteiger partial charge in [0.15, 0.2) is 14.4 Å². The van der Waals surface area contributed by atoms with Crippen LogP contribution in [-0.4, -0.2) is 34.6 Å². The van der Waals surface area contributed by atoms with Crippen molar-refractivity contribution in [1.29, 1.82) is 0 Å². The highest BCUT2D eigenvalue weighted by Crippen LogP contribution is 2.37. The second-order valence-corrected chi connectivity index (χ2v) is 10.5. The third-order valence-electron chi connectivity index (χ3n) is 3.20. The fourth-order valence-corrected chi connectivity index (χ4v) is 3.32. The van der Waals surface area contributed by atoms with Gasteiger partial charge in [0, 0.05) is 11.6 Å². The standard InChI is InChI=1S/C16H22O5Si/c1-18-11-6-7-13(19-2)12(10-11)16(21-22(3,4)5)14-8-9-15(17)20-14/h6-10,14,16H,1-5H3/t14-,16+/m0/s1. The molecule has 0 amide bonds. The third kappa shape index (κ3) is 3.89. The predicted molar refractivity (Wildman–Crippen MR) is 85.7 cm³/mol. The van der Waals surface area contributed by atoms with E-state index in [9.17, 15) is 4.79 Å². The summed E-state index contributed by atoms with van der Waals surface area (Å²) in [5, 5.41) is 0. The lowest BCUT2D eigenvalue weighted by atomic mass is 10.0. The van der Waals surface area contributed by atoms with Crippen molar-refractivity contribution in [2.24, 2.45) is 0 Å². The van der Waals surface area contributed by atoms with Crippen LogP contribution in [0, 0.1) is 0 Å². The number of carbonyl (C=O) groups is 1. The van der Waals surface area contributed by atoms with Gasteiger partial charge in [-0.15, -0.1) is 0 Å². The Labute approximate surface area is 132 Å². The van der Waals surface area contributed by atoms with Crippen LogP contribution in [0.2, 0.25) is 19.6 Å². The molecule has 1 aliphatic heterocycles. The number of hydrogen-bond donors (Lipinski definition) is 0. The lowest BCUT2D eigenvalue weighted by molar-refractivity contribution is -0.142. The van der Waals surface area contributed by atoms with E-state index >= 15 is 0 Å². The van der Waals surface area contributed by atoms with E-state index in [-0.39, 0.29) is 5.97 Å². The molecule has 1 heterocycles. The molecular weight excluding hydrogens is 300 g/mol. The molecule has 0 saturated carbocycles. The Hall–Kier alpha value is -1.79. The molecule has 0 aromatic heterocycles. The summed E-state index contributed by atoms with van der Waals surface area (Å²) in [5.74, 6) is 1.03. The van der Waals surface area contributed by atoms with Crippen LogP contribution in [0.5, 0.6) is 11.5 Å².